The van der Waals surface area contributed by atoms with Crippen molar-refractivity contribution in [2.24, 2.45) is 5.92 Å². The van der Waals surface area contributed by atoms with E-state index in [1.54, 1.807) is 0 Å². The van der Waals surface area contributed by atoms with Gasteiger partial charge in [-0.1, -0.05) is 31.5 Å². The van der Waals surface area contributed by atoms with E-state index in [0.29, 0.717) is 45.8 Å². The first-order chi connectivity index (χ1) is 16.8. The summed E-state index contributed by atoms with van der Waals surface area (Å²) in [6.45, 7) is 13.0. The van der Waals surface area contributed by atoms with Crippen LogP contribution in [0.15, 0.2) is 18.2 Å². The maximum atomic E-state index is 12.9. The fourth-order valence-electron chi connectivity index (χ4n) is 5.12. The zero-order chi connectivity index (χ0) is 25.4. The first-order valence-corrected chi connectivity index (χ1v) is 13.2. The quantitative estimate of drug-likeness (QED) is 0.561. The highest BCUT2D eigenvalue weighted by atomic mass is 16.2. The molecule has 2 saturated heterocycles. The number of piperidine rings is 1. The molecular formula is C27H43N5O3. The van der Waals surface area contributed by atoms with Crippen LogP contribution in [0, 0.1) is 19.8 Å². The molecule has 2 heterocycles. The van der Waals surface area contributed by atoms with Gasteiger partial charge in [0, 0.05) is 44.5 Å². The SMILES string of the molecule is CCCC(C)NC(=O)C1CCCN(CC(=O)N2CCN(CC(=O)Nc3c(C)cccc3C)CC2)C1. The van der Waals surface area contributed by atoms with Crippen LogP contribution >= 0.6 is 0 Å². The van der Waals surface area contributed by atoms with Crippen molar-refractivity contribution < 1.29 is 14.4 Å². The summed E-state index contributed by atoms with van der Waals surface area (Å²) in [6, 6.07) is 6.18. The summed E-state index contributed by atoms with van der Waals surface area (Å²) in [6.07, 6.45) is 3.87. The van der Waals surface area contributed by atoms with E-state index in [4.69, 9.17) is 0 Å². The van der Waals surface area contributed by atoms with Gasteiger partial charge in [-0.25, -0.2) is 0 Å². The Labute approximate surface area is 210 Å². The molecule has 1 aromatic rings. The molecule has 3 amide bonds. The van der Waals surface area contributed by atoms with Gasteiger partial charge in [-0.05, 0) is 57.7 Å². The molecule has 2 aliphatic rings. The van der Waals surface area contributed by atoms with Gasteiger partial charge in [0.25, 0.3) is 0 Å². The number of hydrogen-bond donors (Lipinski definition) is 2. The van der Waals surface area contributed by atoms with E-state index in [1.165, 1.54) is 0 Å². The van der Waals surface area contributed by atoms with Gasteiger partial charge in [0.1, 0.15) is 0 Å². The number of carbonyl (C=O) groups excluding carboxylic acids is 3. The first kappa shape index (κ1) is 27.1. The molecule has 2 fully saturated rings. The molecule has 194 valence electrons. The normalized spacial score (nSPS) is 20.3. The summed E-state index contributed by atoms with van der Waals surface area (Å²) in [5.41, 5.74) is 3.00. The monoisotopic (exact) mass is 485 g/mol. The van der Waals surface area contributed by atoms with Crippen LogP contribution in [0.5, 0.6) is 0 Å². The smallest absolute Gasteiger partial charge is 0.238 e. The molecule has 2 N–H and O–H groups in total. The lowest BCUT2D eigenvalue weighted by Gasteiger charge is -2.37. The van der Waals surface area contributed by atoms with Crippen molar-refractivity contribution in [1.82, 2.24) is 20.0 Å². The lowest BCUT2D eigenvalue weighted by atomic mass is 9.96. The van der Waals surface area contributed by atoms with Crippen molar-refractivity contribution in [3.05, 3.63) is 29.3 Å². The molecule has 0 bridgehead atoms. The van der Waals surface area contributed by atoms with Gasteiger partial charge in [-0.15, -0.1) is 0 Å². The topological polar surface area (TPSA) is 85.0 Å². The number of benzene rings is 1. The number of hydrogen-bond acceptors (Lipinski definition) is 5. The highest BCUT2D eigenvalue weighted by Crippen LogP contribution is 2.20. The number of nitrogens with one attached hydrogen (secondary N) is 2. The molecule has 3 rings (SSSR count). The van der Waals surface area contributed by atoms with Crippen molar-refractivity contribution in [2.45, 2.75) is 59.4 Å². The molecular weight excluding hydrogens is 442 g/mol. The van der Waals surface area contributed by atoms with Crippen LogP contribution in [0.1, 0.15) is 50.7 Å². The molecule has 0 spiro atoms. The molecule has 0 aromatic heterocycles. The van der Waals surface area contributed by atoms with Gasteiger partial charge in [0.05, 0.1) is 19.0 Å². The average molecular weight is 486 g/mol. The van der Waals surface area contributed by atoms with Crippen molar-refractivity contribution in [3.8, 4) is 0 Å². The fraction of sp³-hybridized carbons (Fsp3) is 0.667. The molecule has 8 nitrogen and oxygen atoms in total. The van der Waals surface area contributed by atoms with Crippen LogP contribution in [0.25, 0.3) is 0 Å². The highest BCUT2D eigenvalue weighted by molar-refractivity contribution is 5.93. The number of rotatable bonds is 9. The number of carbonyl (C=O) groups is 3. The molecule has 8 heteroatoms. The molecule has 1 aromatic carbocycles. The largest absolute Gasteiger partial charge is 0.353 e. The Morgan fingerprint density at radius 3 is 2.34 bits per heavy atom. The minimum atomic E-state index is -0.0388. The van der Waals surface area contributed by atoms with E-state index in [1.807, 2.05) is 36.9 Å². The number of piperazine rings is 1. The van der Waals surface area contributed by atoms with Crippen molar-refractivity contribution >= 4 is 23.4 Å². The second kappa shape index (κ2) is 13.0. The number of aryl methyl sites for hydroxylation is 2. The van der Waals surface area contributed by atoms with Crippen LogP contribution in [0.3, 0.4) is 0 Å². The second-order valence-corrected chi connectivity index (χ2v) is 10.2. The third-order valence-electron chi connectivity index (χ3n) is 7.18. The van der Waals surface area contributed by atoms with Crippen molar-refractivity contribution in [1.29, 1.82) is 0 Å². The minimum absolute atomic E-state index is 0.0203. The standard InChI is InChI=1S/C27H43N5O3/c1-5-8-22(4)28-27(35)23-11-7-12-31(17-23)19-25(34)32-15-13-30(14-16-32)18-24(33)29-26-20(2)9-6-10-21(26)3/h6,9-10,22-23H,5,7-8,11-19H2,1-4H3,(H,28,35)(H,29,33). The van der Waals surface area contributed by atoms with Crippen LogP contribution in [0.4, 0.5) is 5.69 Å². The zero-order valence-electron chi connectivity index (χ0n) is 21.9. The van der Waals surface area contributed by atoms with E-state index >= 15 is 0 Å². The van der Waals surface area contributed by atoms with Gasteiger partial charge in [0.15, 0.2) is 0 Å². The predicted molar refractivity (Wildman–Crippen MR) is 139 cm³/mol. The van der Waals surface area contributed by atoms with E-state index in [-0.39, 0.29) is 29.7 Å². The molecule has 0 aliphatic carbocycles. The Hall–Kier alpha value is -2.45. The van der Waals surface area contributed by atoms with Crippen LogP contribution in [-0.2, 0) is 14.4 Å². The third-order valence-corrected chi connectivity index (χ3v) is 7.18. The van der Waals surface area contributed by atoms with Gasteiger partial charge in [-0.3, -0.25) is 24.2 Å². The molecule has 2 unspecified atom stereocenters. The number of para-hydroxylation sites is 1. The molecule has 2 aliphatic heterocycles. The Bertz CT molecular complexity index is 861. The Morgan fingerprint density at radius 1 is 1.00 bits per heavy atom. The van der Waals surface area contributed by atoms with Crippen LogP contribution in [0.2, 0.25) is 0 Å². The number of amides is 3. The van der Waals surface area contributed by atoms with E-state index < -0.39 is 0 Å². The number of anilines is 1. The van der Waals surface area contributed by atoms with Gasteiger partial charge in [-0.2, -0.15) is 0 Å². The summed E-state index contributed by atoms with van der Waals surface area (Å²) in [7, 11) is 0. The van der Waals surface area contributed by atoms with Gasteiger partial charge >= 0.3 is 0 Å². The predicted octanol–water partition coefficient (Wildman–Crippen LogP) is 2.40. The molecule has 2 atom stereocenters. The third kappa shape index (κ3) is 8.04. The van der Waals surface area contributed by atoms with Crippen molar-refractivity contribution in [3.63, 3.8) is 0 Å². The maximum absolute atomic E-state index is 12.9. The summed E-state index contributed by atoms with van der Waals surface area (Å²) in [5, 5.41) is 6.18. The van der Waals surface area contributed by atoms with E-state index in [2.05, 4.69) is 34.3 Å². The Kier molecular flexibility index (Phi) is 10.1. The number of likely N-dealkylation sites (tertiary alicyclic amines) is 1. The van der Waals surface area contributed by atoms with Gasteiger partial charge < -0.3 is 15.5 Å². The fourth-order valence-corrected chi connectivity index (χ4v) is 5.12. The van der Waals surface area contributed by atoms with E-state index in [9.17, 15) is 14.4 Å². The second-order valence-electron chi connectivity index (χ2n) is 10.2. The Balaban J connectivity index is 1.40. The average Bonchev–Trinajstić information content (AvgIpc) is 2.82. The highest BCUT2D eigenvalue weighted by Gasteiger charge is 2.29. The van der Waals surface area contributed by atoms with Crippen LogP contribution in [-0.4, -0.2) is 90.8 Å². The summed E-state index contributed by atoms with van der Waals surface area (Å²) >= 11 is 0. The zero-order valence-corrected chi connectivity index (χ0v) is 21.9. The minimum Gasteiger partial charge on any atom is -0.353 e. The van der Waals surface area contributed by atoms with Crippen molar-refractivity contribution in [2.75, 3.05) is 57.7 Å². The maximum Gasteiger partial charge on any atom is 0.238 e. The molecule has 0 saturated carbocycles. The first-order valence-electron chi connectivity index (χ1n) is 13.2. The van der Waals surface area contributed by atoms with Gasteiger partial charge in [0.2, 0.25) is 17.7 Å². The molecule has 35 heavy (non-hydrogen) atoms. The Morgan fingerprint density at radius 2 is 1.69 bits per heavy atom. The molecule has 0 radical (unpaired) electrons. The summed E-state index contributed by atoms with van der Waals surface area (Å²) in [4.78, 5) is 44.3. The lowest BCUT2D eigenvalue weighted by molar-refractivity contribution is -0.136. The summed E-state index contributed by atoms with van der Waals surface area (Å²) < 4.78 is 0. The van der Waals surface area contributed by atoms with E-state index in [0.717, 1.165) is 49.0 Å². The van der Waals surface area contributed by atoms with Crippen LogP contribution < -0.4 is 10.6 Å². The lowest BCUT2D eigenvalue weighted by Crippen LogP contribution is -2.53. The number of nitrogens with zero attached hydrogens (tertiary/aromatic N) is 3. The summed E-state index contributed by atoms with van der Waals surface area (Å²) in [5.74, 6) is 0.178.